The summed E-state index contributed by atoms with van der Waals surface area (Å²) in [5.41, 5.74) is 3.33. The molecule has 0 spiro atoms. The van der Waals surface area contributed by atoms with E-state index in [0.29, 0.717) is 18.0 Å². The first-order valence-corrected chi connectivity index (χ1v) is 7.49. The number of hydrogen-bond acceptors (Lipinski definition) is 3. The Hall–Kier alpha value is -3.06. The molecule has 0 saturated heterocycles. The molecule has 0 unspecified atom stereocenters. The van der Waals surface area contributed by atoms with Gasteiger partial charge in [0.1, 0.15) is 11.8 Å². The number of nitrogens with zero attached hydrogens (tertiary/aromatic N) is 3. The van der Waals surface area contributed by atoms with Crippen LogP contribution in [0.25, 0.3) is 22.7 Å². The van der Waals surface area contributed by atoms with Crippen molar-refractivity contribution in [1.29, 1.82) is 5.26 Å². The van der Waals surface area contributed by atoms with Gasteiger partial charge in [-0.25, -0.2) is 4.98 Å². The summed E-state index contributed by atoms with van der Waals surface area (Å²) in [6.07, 6.45) is 1.84. The summed E-state index contributed by atoms with van der Waals surface area (Å²) in [5.74, 6) is 1.46. The number of ether oxygens (including phenoxy) is 1. The van der Waals surface area contributed by atoms with E-state index in [2.05, 4.69) is 11.1 Å². The molecule has 2 aromatic carbocycles. The van der Waals surface area contributed by atoms with E-state index in [1.54, 1.807) is 0 Å². The van der Waals surface area contributed by atoms with Crippen LogP contribution in [0.5, 0.6) is 5.75 Å². The molecule has 0 aliphatic rings. The molecule has 4 nitrogen and oxygen atoms in total. The van der Waals surface area contributed by atoms with Crippen LogP contribution in [0.2, 0.25) is 0 Å². The fourth-order valence-corrected chi connectivity index (χ4v) is 2.56. The van der Waals surface area contributed by atoms with E-state index in [4.69, 9.17) is 4.74 Å². The predicted octanol–water partition coefficient (Wildman–Crippen LogP) is 4.04. The Morgan fingerprint density at radius 2 is 2.09 bits per heavy atom. The van der Waals surface area contributed by atoms with Crippen LogP contribution in [0.4, 0.5) is 0 Å². The van der Waals surface area contributed by atoms with Crippen molar-refractivity contribution in [3.8, 4) is 11.8 Å². The number of rotatable bonds is 4. The third-order valence-corrected chi connectivity index (χ3v) is 3.63. The molecule has 4 heteroatoms. The Labute approximate surface area is 135 Å². The van der Waals surface area contributed by atoms with Crippen LogP contribution in [0.3, 0.4) is 0 Å². The second-order valence-corrected chi connectivity index (χ2v) is 5.16. The normalized spacial score (nSPS) is 11.4. The van der Waals surface area contributed by atoms with E-state index < -0.39 is 0 Å². The maximum atomic E-state index is 9.56. The quantitative estimate of drug-likeness (QED) is 0.684. The van der Waals surface area contributed by atoms with E-state index in [0.717, 1.165) is 22.3 Å². The number of imidazole rings is 1. The highest BCUT2D eigenvalue weighted by molar-refractivity contribution is 5.90. The second kappa shape index (κ2) is 6.37. The van der Waals surface area contributed by atoms with Crippen molar-refractivity contribution in [2.75, 3.05) is 6.61 Å². The lowest BCUT2D eigenvalue weighted by atomic mass is 10.1. The molecule has 0 atom stereocenters. The third-order valence-electron chi connectivity index (χ3n) is 3.63. The lowest BCUT2D eigenvalue weighted by molar-refractivity contribution is 0.340. The summed E-state index contributed by atoms with van der Waals surface area (Å²) in [7, 11) is 1.92. The number of nitriles is 1. The molecule has 0 fully saturated rings. The highest BCUT2D eigenvalue weighted by Gasteiger charge is 2.11. The standard InChI is InChI=1S/C19H17N3O/c1-3-23-16-8-6-7-14(12-16)11-15(13-20)19-21-17-9-4-5-10-18(17)22(19)2/h4-12H,3H2,1-2H3. The van der Waals surface area contributed by atoms with Gasteiger partial charge in [0, 0.05) is 7.05 Å². The minimum absolute atomic E-state index is 0.525. The average Bonchev–Trinajstić information content (AvgIpc) is 2.91. The summed E-state index contributed by atoms with van der Waals surface area (Å²) in [6.45, 7) is 2.56. The van der Waals surface area contributed by atoms with Gasteiger partial charge < -0.3 is 9.30 Å². The van der Waals surface area contributed by atoms with E-state index >= 15 is 0 Å². The smallest absolute Gasteiger partial charge is 0.151 e. The van der Waals surface area contributed by atoms with Gasteiger partial charge in [-0.05, 0) is 42.8 Å². The Bertz CT molecular complexity index is 916. The largest absolute Gasteiger partial charge is 0.494 e. The van der Waals surface area contributed by atoms with Gasteiger partial charge in [-0.2, -0.15) is 5.26 Å². The van der Waals surface area contributed by atoms with Gasteiger partial charge in [0.2, 0.25) is 0 Å². The van der Waals surface area contributed by atoms with Crippen LogP contribution in [0.1, 0.15) is 18.3 Å². The number of fused-ring (bicyclic) bond motifs is 1. The van der Waals surface area contributed by atoms with Gasteiger partial charge in [-0.1, -0.05) is 24.3 Å². The highest BCUT2D eigenvalue weighted by Crippen LogP contribution is 2.23. The van der Waals surface area contributed by atoms with Gasteiger partial charge in [0.15, 0.2) is 5.82 Å². The maximum absolute atomic E-state index is 9.56. The number of para-hydroxylation sites is 2. The molecule has 0 amide bonds. The Morgan fingerprint density at radius 1 is 1.26 bits per heavy atom. The Kier molecular flexibility index (Phi) is 4.11. The topological polar surface area (TPSA) is 50.8 Å². The highest BCUT2D eigenvalue weighted by atomic mass is 16.5. The summed E-state index contributed by atoms with van der Waals surface area (Å²) in [6, 6.07) is 17.8. The molecule has 0 aliphatic carbocycles. The van der Waals surface area contributed by atoms with Gasteiger partial charge in [0.05, 0.1) is 23.2 Å². The van der Waals surface area contributed by atoms with Crippen molar-refractivity contribution in [3.63, 3.8) is 0 Å². The first kappa shape index (κ1) is 14.9. The van der Waals surface area contributed by atoms with E-state index in [-0.39, 0.29) is 0 Å². The van der Waals surface area contributed by atoms with E-state index in [1.807, 2.05) is 73.1 Å². The van der Waals surface area contributed by atoms with Crippen molar-refractivity contribution in [2.45, 2.75) is 6.92 Å². The van der Waals surface area contributed by atoms with Crippen LogP contribution < -0.4 is 4.74 Å². The minimum atomic E-state index is 0.525. The summed E-state index contributed by atoms with van der Waals surface area (Å²) < 4.78 is 7.45. The molecular weight excluding hydrogens is 286 g/mol. The molecule has 0 N–H and O–H groups in total. The van der Waals surface area contributed by atoms with Crippen LogP contribution in [0, 0.1) is 11.3 Å². The zero-order valence-corrected chi connectivity index (χ0v) is 13.2. The fourth-order valence-electron chi connectivity index (χ4n) is 2.56. The molecule has 1 aromatic heterocycles. The SMILES string of the molecule is CCOc1cccc(C=C(C#N)c2nc3ccccc3n2C)c1. The van der Waals surface area contributed by atoms with E-state index in [9.17, 15) is 5.26 Å². The molecule has 23 heavy (non-hydrogen) atoms. The van der Waals surface area contributed by atoms with Crippen LogP contribution in [0.15, 0.2) is 48.5 Å². The second-order valence-electron chi connectivity index (χ2n) is 5.16. The number of allylic oxidation sites excluding steroid dienone is 1. The molecule has 3 aromatic rings. The third kappa shape index (κ3) is 2.95. The van der Waals surface area contributed by atoms with E-state index in [1.165, 1.54) is 0 Å². The van der Waals surface area contributed by atoms with Crippen molar-refractivity contribution in [1.82, 2.24) is 9.55 Å². The maximum Gasteiger partial charge on any atom is 0.151 e. The number of hydrogen-bond donors (Lipinski definition) is 0. The van der Waals surface area contributed by atoms with Crippen LogP contribution in [-0.4, -0.2) is 16.2 Å². The molecule has 114 valence electrons. The molecule has 0 aliphatic heterocycles. The predicted molar refractivity (Wildman–Crippen MR) is 91.8 cm³/mol. The van der Waals surface area contributed by atoms with Crippen molar-refractivity contribution >= 4 is 22.7 Å². The Morgan fingerprint density at radius 3 is 2.83 bits per heavy atom. The van der Waals surface area contributed by atoms with Gasteiger partial charge in [0.25, 0.3) is 0 Å². The molecule has 1 heterocycles. The van der Waals surface area contributed by atoms with Crippen molar-refractivity contribution in [2.24, 2.45) is 7.05 Å². The molecular formula is C19H17N3O. The summed E-state index contributed by atoms with van der Waals surface area (Å²) in [4.78, 5) is 4.58. The molecule has 0 bridgehead atoms. The van der Waals surface area contributed by atoms with Crippen LogP contribution in [-0.2, 0) is 7.05 Å². The monoisotopic (exact) mass is 303 g/mol. The van der Waals surface area contributed by atoms with Gasteiger partial charge in [-0.3, -0.25) is 0 Å². The minimum Gasteiger partial charge on any atom is -0.494 e. The molecule has 3 rings (SSSR count). The summed E-state index contributed by atoms with van der Waals surface area (Å²) >= 11 is 0. The zero-order chi connectivity index (χ0) is 16.2. The fraction of sp³-hybridized carbons (Fsp3) is 0.158. The zero-order valence-electron chi connectivity index (χ0n) is 13.2. The van der Waals surface area contributed by atoms with Crippen molar-refractivity contribution < 1.29 is 4.74 Å². The van der Waals surface area contributed by atoms with Gasteiger partial charge in [-0.15, -0.1) is 0 Å². The van der Waals surface area contributed by atoms with Crippen molar-refractivity contribution in [3.05, 3.63) is 59.9 Å². The summed E-state index contributed by atoms with van der Waals surface area (Å²) in [5, 5.41) is 9.56. The average molecular weight is 303 g/mol. The number of aryl methyl sites for hydroxylation is 1. The number of aromatic nitrogens is 2. The lowest BCUT2D eigenvalue weighted by Gasteiger charge is -2.04. The first-order chi connectivity index (χ1) is 11.2. The van der Waals surface area contributed by atoms with Gasteiger partial charge >= 0.3 is 0 Å². The first-order valence-electron chi connectivity index (χ1n) is 7.49. The van der Waals surface area contributed by atoms with Crippen LogP contribution >= 0.6 is 0 Å². The Balaban J connectivity index is 2.06. The lowest BCUT2D eigenvalue weighted by Crippen LogP contribution is -1.96. The molecule has 0 radical (unpaired) electrons. The molecule has 0 saturated carbocycles. The number of benzene rings is 2.